The van der Waals surface area contributed by atoms with E-state index in [9.17, 15) is 4.79 Å². The van der Waals surface area contributed by atoms with Crippen LogP contribution in [-0.4, -0.2) is 39.3 Å². The summed E-state index contributed by atoms with van der Waals surface area (Å²) in [7, 11) is 3.27. The highest BCUT2D eigenvalue weighted by molar-refractivity contribution is 5.79. The fraction of sp³-hybridized carbons (Fsp3) is 0.345. The fourth-order valence-electron chi connectivity index (χ4n) is 4.63. The van der Waals surface area contributed by atoms with E-state index in [-0.39, 0.29) is 11.9 Å². The van der Waals surface area contributed by atoms with Crippen LogP contribution in [0.25, 0.3) is 0 Å². The molecule has 184 valence electrons. The summed E-state index contributed by atoms with van der Waals surface area (Å²) < 4.78 is 16.8. The average Bonchev–Trinajstić information content (AvgIpc) is 2.89. The van der Waals surface area contributed by atoms with Crippen LogP contribution in [0, 0.1) is 5.92 Å². The van der Waals surface area contributed by atoms with Crippen LogP contribution in [0.15, 0.2) is 72.8 Å². The number of amides is 1. The first-order valence-electron chi connectivity index (χ1n) is 12.2. The predicted molar refractivity (Wildman–Crippen MR) is 137 cm³/mol. The molecule has 1 aliphatic rings. The molecule has 0 aromatic heterocycles. The molecular weight excluding hydrogens is 440 g/mol. The topological polar surface area (TPSA) is 68.8 Å². The van der Waals surface area contributed by atoms with Crippen molar-refractivity contribution in [3.05, 3.63) is 83.9 Å². The number of nitrogens with one attached hydrogen (secondary N) is 2. The molecule has 1 saturated heterocycles. The lowest BCUT2D eigenvalue weighted by Crippen LogP contribution is -2.46. The number of carbonyl (C=O) groups excluding carboxylic acids is 1. The molecule has 0 radical (unpaired) electrons. The minimum absolute atomic E-state index is 0.0308. The third-order valence-electron chi connectivity index (χ3n) is 6.45. The van der Waals surface area contributed by atoms with Crippen LogP contribution in [0.5, 0.6) is 23.0 Å². The Balaban J connectivity index is 1.47. The molecule has 0 saturated carbocycles. The van der Waals surface area contributed by atoms with Crippen LogP contribution >= 0.6 is 0 Å². The zero-order valence-electron chi connectivity index (χ0n) is 20.5. The molecule has 2 N–H and O–H groups in total. The van der Waals surface area contributed by atoms with Crippen molar-refractivity contribution >= 4 is 5.91 Å². The first-order valence-corrected chi connectivity index (χ1v) is 12.2. The molecular formula is C29H34N2O4. The van der Waals surface area contributed by atoms with E-state index in [1.165, 1.54) is 0 Å². The van der Waals surface area contributed by atoms with Gasteiger partial charge in [0.15, 0.2) is 11.5 Å². The summed E-state index contributed by atoms with van der Waals surface area (Å²) in [5, 5.41) is 6.77. The number of carbonyl (C=O) groups is 1. The van der Waals surface area contributed by atoms with Crippen molar-refractivity contribution in [1.82, 2.24) is 10.6 Å². The van der Waals surface area contributed by atoms with Crippen LogP contribution in [0.3, 0.4) is 0 Å². The van der Waals surface area contributed by atoms with Crippen LogP contribution in [0.2, 0.25) is 0 Å². The number of hydrogen-bond donors (Lipinski definition) is 2. The van der Waals surface area contributed by atoms with Crippen molar-refractivity contribution in [3.63, 3.8) is 0 Å². The standard InChI is InChI=1S/C29H34N2O4/c1-33-24-9-5-8-22(17-24)20-29(32)31-26(23-13-15-30-16-14-23)19-21-7-6-10-25(18-21)35-28-12-4-3-11-27(28)34-2/h3-12,17-18,23,26,30H,13-16,19-20H2,1-2H3,(H,31,32). The molecule has 1 fully saturated rings. The highest BCUT2D eigenvalue weighted by Crippen LogP contribution is 2.31. The summed E-state index contributed by atoms with van der Waals surface area (Å²) in [6.45, 7) is 1.95. The quantitative estimate of drug-likeness (QED) is 0.443. The van der Waals surface area contributed by atoms with Crippen LogP contribution in [0.4, 0.5) is 0 Å². The van der Waals surface area contributed by atoms with Crippen LogP contribution < -0.4 is 24.8 Å². The Morgan fingerprint density at radius 3 is 2.31 bits per heavy atom. The Kier molecular flexibility index (Phi) is 8.63. The fourth-order valence-corrected chi connectivity index (χ4v) is 4.63. The Hall–Kier alpha value is -3.51. The molecule has 1 heterocycles. The zero-order chi connectivity index (χ0) is 24.5. The number of hydrogen-bond acceptors (Lipinski definition) is 5. The second-order valence-corrected chi connectivity index (χ2v) is 8.89. The van der Waals surface area contributed by atoms with E-state index < -0.39 is 0 Å². The number of ether oxygens (including phenoxy) is 3. The van der Waals surface area contributed by atoms with E-state index >= 15 is 0 Å². The van der Waals surface area contributed by atoms with Crippen molar-refractivity contribution in [1.29, 1.82) is 0 Å². The minimum Gasteiger partial charge on any atom is -0.497 e. The summed E-state index contributed by atoms with van der Waals surface area (Å²) in [6.07, 6.45) is 3.16. The lowest BCUT2D eigenvalue weighted by Gasteiger charge is -2.31. The third-order valence-corrected chi connectivity index (χ3v) is 6.45. The summed E-state index contributed by atoms with van der Waals surface area (Å²) in [5.41, 5.74) is 2.07. The zero-order valence-corrected chi connectivity index (χ0v) is 20.5. The van der Waals surface area contributed by atoms with Gasteiger partial charge in [0.2, 0.25) is 5.91 Å². The maximum atomic E-state index is 13.0. The molecule has 0 spiro atoms. The second kappa shape index (κ2) is 12.3. The van der Waals surface area contributed by atoms with Crippen molar-refractivity contribution < 1.29 is 19.0 Å². The maximum absolute atomic E-state index is 13.0. The van der Waals surface area contributed by atoms with Gasteiger partial charge in [-0.2, -0.15) is 0 Å². The Labute approximate surface area is 207 Å². The van der Waals surface area contributed by atoms with Gasteiger partial charge in [-0.15, -0.1) is 0 Å². The molecule has 0 bridgehead atoms. The highest BCUT2D eigenvalue weighted by atomic mass is 16.5. The largest absolute Gasteiger partial charge is 0.497 e. The van der Waals surface area contributed by atoms with Crippen LogP contribution in [0.1, 0.15) is 24.0 Å². The molecule has 1 unspecified atom stereocenters. The number of methoxy groups -OCH3 is 2. The normalized spacial score (nSPS) is 14.7. The first-order chi connectivity index (χ1) is 17.1. The van der Waals surface area contributed by atoms with Gasteiger partial charge in [0.1, 0.15) is 11.5 Å². The molecule has 4 rings (SSSR count). The molecule has 1 atom stereocenters. The van der Waals surface area contributed by atoms with Gasteiger partial charge in [-0.1, -0.05) is 36.4 Å². The van der Waals surface area contributed by atoms with Crippen molar-refractivity contribution in [3.8, 4) is 23.0 Å². The Morgan fingerprint density at radius 2 is 1.57 bits per heavy atom. The lowest BCUT2D eigenvalue weighted by atomic mass is 9.86. The minimum atomic E-state index is 0.0308. The van der Waals surface area contributed by atoms with Gasteiger partial charge in [-0.3, -0.25) is 4.79 Å². The van der Waals surface area contributed by atoms with Gasteiger partial charge in [0.05, 0.1) is 20.6 Å². The first kappa shape index (κ1) is 24.6. The van der Waals surface area contributed by atoms with Gasteiger partial charge in [0, 0.05) is 6.04 Å². The van der Waals surface area contributed by atoms with Gasteiger partial charge in [0.25, 0.3) is 0 Å². The molecule has 3 aromatic carbocycles. The van der Waals surface area contributed by atoms with E-state index in [0.717, 1.165) is 55.0 Å². The molecule has 0 aliphatic carbocycles. The maximum Gasteiger partial charge on any atom is 0.224 e. The SMILES string of the molecule is COc1cccc(CC(=O)NC(Cc2cccc(Oc3ccccc3OC)c2)C2CCNCC2)c1. The van der Waals surface area contributed by atoms with E-state index in [0.29, 0.717) is 23.8 Å². The van der Waals surface area contributed by atoms with Crippen molar-refractivity contribution in [2.45, 2.75) is 31.7 Å². The molecule has 6 nitrogen and oxygen atoms in total. The summed E-state index contributed by atoms with van der Waals surface area (Å²) in [6, 6.07) is 23.4. The van der Waals surface area contributed by atoms with E-state index in [2.05, 4.69) is 22.8 Å². The highest BCUT2D eigenvalue weighted by Gasteiger charge is 2.25. The van der Waals surface area contributed by atoms with E-state index in [1.807, 2.05) is 60.7 Å². The van der Waals surface area contributed by atoms with Gasteiger partial charge < -0.3 is 24.8 Å². The summed E-state index contributed by atoms with van der Waals surface area (Å²) in [5.74, 6) is 3.33. The second-order valence-electron chi connectivity index (χ2n) is 8.89. The van der Waals surface area contributed by atoms with Gasteiger partial charge in [-0.25, -0.2) is 0 Å². The third kappa shape index (κ3) is 6.99. The van der Waals surface area contributed by atoms with Gasteiger partial charge in [-0.05, 0) is 85.8 Å². The molecule has 6 heteroatoms. The van der Waals surface area contributed by atoms with Gasteiger partial charge >= 0.3 is 0 Å². The Bertz CT molecular complexity index is 1110. The van der Waals surface area contributed by atoms with E-state index in [4.69, 9.17) is 14.2 Å². The lowest BCUT2D eigenvalue weighted by molar-refractivity contribution is -0.121. The number of piperidine rings is 1. The molecule has 3 aromatic rings. The molecule has 1 aliphatic heterocycles. The van der Waals surface area contributed by atoms with Crippen molar-refractivity contribution in [2.24, 2.45) is 5.92 Å². The summed E-state index contributed by atoms with van der Waals surface area (Å²) in [4.78, 5) is 13.0. The molecule has 35 heavy (non-hydrogen) atoms. The van der Waals surface area contributed by atoms with E-state index in [1.54, 1.807) is 14.2 Å². The smallest absolute Gasteiger partial charge is 0.224 e. The number of rotatable bonds is 10. The predicted octanol–water partition coefficient (Wildman–Crippen LogP) is 4.77. The van der Waals surface area contributed by atoms with Crippen LogP contribution in [-0.2, 0) is 17.6 Å². The molecule has 1 amide bonds. The Morgan fingerprint density at radius 1 is 0.886 bits per heavy atom. The van der Waals surface area contributed by atoms with Crippen molar-refractivity contribution in [2.75, 3.05) is 27.3 Å². The monoisotopic (exact) mass is 474 g/mol. The number of benzene rings is 3. The average molecular weight is 475 g/mol. The summed E-state index contributed by atoms with van der Waals surface area (Å²) >= 11 is 0. The number of para-hydroxylation sites is 2.